The highest BCUT2D eigenvalue weighted by atomic mass is 16.5. The van der Waals surface area contributed by atoms with Crippen LogP contribution in [-0.4, -0.2) is 28.8 Å². The molecule has 0 bridgehead atoms. The van der Waals surface area contributed by atoms with E-state index in [4.69, 9.17) is 4.74 Å². The molecule has 0 saturated heterocycles. The molecule has 0 aromatic carbocycles. The molecular weight excluding hydrogens is 234 g/mol. The number of methoxy groups -OCH3 is 1. The summed E-state index contributed by atoms with van der Waals surface area (Å²) in [5.41, 5.74) is 1.34. The number of esters is 1. The fraction of sp³-hybridized carbons (Fsp3) is 0.583. The van der Waals surface area contributed by atoms with Gasteiger partial charge in [0.05, 0.1) is 18.5 Å². The third kappa shape index (κ3) is 2.10. The summed E-state index contributed by atoms with van der Waals surface area (Å²) in [6.45, 7) is 3.78. The third-order valence-corrected chi connectivity index (χ3v) is 3.30. The van der Waals surface area contributed by atoms with Crippen LogP contribution >= 0.6 is 0 Å². The average molecular weight is 251 g/mol. The summed E-state index contributed by atoms with van der Waals surface area (Å²) in [5.74, 6) is -0.0837. The summed E-state index contributed by atoms with van der Waals surface area (Å²) in [6.07, 6.45) is 0.901. The lowest BCUT2D eigenvalue weighted by Gasteiger charge is -2.06. The normalized spacial score (nSPS) is 21.6. The van der Waals surface area contributed by atoms with Crippen LogP contribution in [0.4, 0.5) is 5.69 Å². The van der Waals surface area contributed by atoms with Crippen LogP contribution in [0, 0.1) is 18.8 Å². The molecule has 1 aliphatic rings. The molecule has 6 heteroatoms. The SMILES string of the molecule is COC(=O)c1c(NC(=O)C2CC2C)c(C)nn1C. The van der Waals surface area contributed by atoms with E-state index in [9.17, 15) is 9.59 Å². The van der Waals surface area contributed by atoms with E-state index in [0.29, 0.717) is 17.3 Å². The van der Waals surface area contributed by atoms with E-state index in [1.54, 1.807) is 14.0 Å². The van der Waals surface area contributed by atoms with Crippen LogP contribution in [-0.2, 0) is 16.6 Å². The fourth-order valence-corrected chi connectivity index (χ4v) is 2.04. The van der Waals surface area contributed by atoms with E-state index in [1.165, 1.54) is 11.8 Å². The van der Waals surface area contributed by atoms with E-state index in [2.05, 4.69) is 10.4 Å². The number of carbonyl (C=O) groups is 2. The van der Waals surface area contributed by atoms with Gasteiger partial charge in [-0.1, -0.05) is 6.92 Å². The second-order valence-corrected chi connectivity index (χ2v) is 4.73. The first-order valence-corrected chi connectivity index (χ1v) is 5.88. The van der Waals surface area contributed by atoms with Gasteiger partial charge in [-0.3, -0.25) is 9.48 Å². The van der Waals surface area contributed by atoms with Gasteiger partial charge < -0.3 is 10.1 Å². The van der Waals surface area contributed by atoms with Crippen molar-refractivity contribution < 1.29 is 14.3 Å². The van der Waals surface area contributed by atoms with Crippen molar-refractivity contribution in [2.45, 2.75) is 20.3 Å². The van der Waals surface area contributed by atoms with E-state index in [1.807, 2.05) is 6.92 Å². The Bertz CT molecular complexity index is 507. The molecule has 2 rings (SSSR count). The molecule has 18 heavy (non-hydrogen) atoms. The maximum Gasteiger partial charge on any atom is 0.358 e. The maximum atomic E-state index is 11.9. The predicted molar refractivity (Wildman–Crippen MR) is 65.2 cm³/mol. The molecule has 1 aromatic heterocycles. The molecule has 1 heterocycles. The van der Waals surface area contributed by atoms with Crippen LogP contribution < -0.4 is 5.32 Å². The number of amides is 1. The van der Waals surface area contributed by atoms with Gasteiger partial charge in [-0.25, -0.2) is 4.79 Å². The van der Waals surface area contributed by atoms with Crippen molar-refractivity contribution in [3.63, 3.8) is 0 Å². The van der Waals surface area contributed by atoms with Crippen LogP contribution in [0.1, 0.15) is 29.5 Å². The number of nitrogens with one attached hydrogen (secondary N) is 1. The van der Waals surface area contributed by atoms with Gasteiger partial charge in [-0.05, 0) is 19.3 Å². The number of ether oxygens (including phenoxy) is 1. The summed E-state index contributed by atoms with van der Waals surface area (Å²) < 4.78 is 6.12. The van der Waals surface area contributed by atoms with E-state index in [-0.39, 0.29) is 17.5 Å². The number of rotatable bonds is 3. The molecule has 0 aliphatic heterocycles. The van der Waals surface area contributed by atoms with Crippen molar-refractivity contribution in [2.24, 2.45) is 18.9 Å². The van der Waals surface area contributed by atoms with Gasteiger partial charge in [0.15, 0.2) is 5.69 Å². The lowest BCUT2D eigenvalue weighted by Crippen LogP contribution is -2.18. The first kappa shape index (κ1) is 12.6. The monoisotopic (exact) mass is 251 g/mol. The Balaban J connectivity index is 2.26. The molecule has 1 aliphatic carbocycles. The minimum Gasteiger partial charge on any atom is -0.464 e. The minimum absolute atomic E-state index is 0.0510. The van der Waals surface area contributed by atoms with Crippen molar-refractivity contribution in [3.8, 4) is 0 Å². The highest BCUT2D eigenvalue weighted by Gasteiger charge is 2.40. The van der Waals surface area contributed by atoms with Crippen LogP contribution in [0.2, 0.25) is 0 Å². The lowest BCUT2D eigenvalue weighted by atomic mass is 10.2. The molecule has 6 nitrogen and oxygen atoms in total. The van der Waals surface area contributed by atoms with Crippen molar-refractivity contribution in [2.75, 3.05) is 12.4 Å². The molecular formula is C12H17N3O3. The first-order valence-electron chi connectivity index (χ1n) is 5.88. The second-order valence-electron chi connectivity index (χ2n) is 4.73. The number of hydrogen-bond donors (Lipinski definition) is 1. The Morgan fingerprint density at radius 1 is 1.50 bits per heavy atom. The van der Waals surface area contributed by atoms with Crippen LogP contribution in [0.25, 0.3) is 0 Å². The van der Waals surface area contributed by atoms with Crippen LogP contribution in [0.3, 0.4) is 0 Å². The summed E-state index contributed by atoms with van der Waals surface area (Å²) in [6, 6.07) is 0. The molecule has 1 aromatic rings. The Hall–Kier alpha value is -1.85. The molecule has 1 fully saturated rings. The number of aryl methyl sites for hydroxylation is 2. The van der Waals surface area contributed by atoms with Crippen molar-refractivity contribution >= 4 is 17.6 Å². The van der Waals surface area contributed by atoms with Gasteiger partial charge in [-0.2, -0.15) is 5.10 Å². The van der Waals surface area contributed by atoms with Gasteiger partial charge in [0.2, 0.25) is 5.91 Å². The summed E-state index contributed by atoms with van der Waals surface area (Å²) in [7, 11) is 2.95. The van der Waals surface area contributed by atoms with E-state index in [0.717, 1.165) is 6.42 Å². The smallest absolute Gasteiger partial charge is 0.358 e. The highest BCUT2D eigenvalue weighted by molar-refractivity contribution is 6.02. The Morgan fingerprint density at radius 2 is 2.11 bits per heavy atom. The topological polar surface area (TPSA) is 73.2 Å². The molecule has 1 saturated carbocycles. The van der Waals surface area contributed by atoms with Gasteiger partial charge >= 0.3 is 5.97 Å². The minimum atomic E-state index is -0.503. The molecule has 98 valence electrons. The van der Waals surface area contributed by atoms with Gasteiger partial charge in [0.1, 0.15) is 0 Å². The number of hydrogen-bond acceptors (Lipinski definition) is 4. The van der Waals surface area contributed by atoms with Crippen LogP contribution in [0.5, 0.6) is 0 Å². The number of aromatic nitrogens is 2. The highest BCUT2D eigenvalue weighted by Crippen LogP contribution is 2.38. The Morgan fingerprint density at radius 3 is 2.61 bits per heavy atom. The Labute approximate surface area is 105 Å². The Kier molecular flexibility index (Phi) is 3.11. The van der Waals surface area contributed by atoms with E-state index < -0.39 is 5.97 Å². The van der Waals surface area contributed by atoms with Crippen molar-refractivity contribution in [1.29, 1.82) is 0 Å². The molecule has 0 radical (unpaired) electrons. The number of carbonyl (C=O) groups excluding carboxylic acids is 2. The quantitative estimate of drug-likeness (QED) is 0.817. The number of anilines is 1. The van der Waals surface area contributed by atoms with Gasteiger partial charge in [0, 0.05) is 13.0 Å². The third-order valence-electron chi connectivity index (χ3n) is 3.30. The maximum absolute atomic E-state index is 11.9. The summed E-state index contributed by atoms with van der Waals surface area (Å²) in [4.78, 5) is 23.6. The fourth-order valence-electron chi connectivity index (χ4n) is 2.04. The molecule has 1 amide bonds. The first-order chi connectivity index (χ1) is 8.45. The predicted octanol–water partition coefficient (Wildman–Crippen LogP) is 1.11. The zero-order chi connectivity index (χ0) is 13.4. The standard InChI is InChI=1S/C12H17N3O3/c1-6-5-8(6)11(16)13-9-7(2)14-15(3)10(9)12(17)18-4/h6,8H,5H2,1-4H3,(H,13,16). The average Bonchev–Trinajstić information content (AvgIpc) is 2.98. The molecule has 0 spiro atoms. The second kappa shape index (κ2) is 4.44. The van der Waals surface area contributed by atoms with Crippen molar-refractivity contribution in [1.82, 2.24) is 9.78 Å². The van der Waals surface area contributed by atoms with Gasteiger partial charge in [-0.15, -0.1) is 0 Å². The zero-order valence-corrected chi connectivity index (χ0v) is 11.0. The number of nitrogens with zero attached hydrogens (tertiary/aromatic N) is 2. The van der Waals surface area contributed by atoms with Crippen molar-refractivity contribution in [3.05, 3.63) is 11.4 Å². The molecule has 2 unspecified atom stereocenters. The molecule has 1 N–H and O–H groups in total. The van der Waals surface area contributed by atoms with Gasteiger partial charge in [0.25, 0.3) is 0 Å². The van der Waals surface area contributed by atoms with E-state index >= 15 is 0 Å². The largest absolute Gasteiger partial charge is 0.464 e. The zero-order valence-electron chi connectivity index (χ0n) is 11.0. The summed E-state index contributed by atoms with van der Waals surface area (Å²) in [5, 5.41) is 6.92. The summed E-state index contributed by atoms with van der Waals surface area (Å²) >= 11 is 0. The lowest BCUT2D eigenvalue weighted by molar-refractivity contribution is -0.117. The molecule has 2 atom stereocenters. The van der Waals surface area contributed by atoms with Crippen LogP contribution in [0.15, 0.2) is 0 Å².